The summed E-state index contributed by atoms with van der Waals surface area (Å²) in [6, 6.07) is 9.11. The Morgan fingerprint density at radius 3 is 2.61 bits per heavy atom. The molecule has 1 atom stereocenters. The number of carbonyl (C=O) groups is 2. The summed E-state index contributed by atoms with van der Waals surface area (Å²) in [6.45, 7) is 3.03. The summed E-state index contributed by atoms with van der Waals surface area (Å²) in [6.07, 6.45) is 0. The number of rotatable bonds is 3. The van der Waals surface area contributed by atoms with E-state index in [-0.39, 0.29) is 0 Å². The van der Waals surface area contributed by atoms with Gasteiger partial charge in [0.2, 0.25) is 0 Å². The molecule has 1 heterocycles. The second-order valence-electron chi connectivity index (χ2n) is 4.21. The summed E-state index contributed by atoms with van der Waals surface area (Å²) in [7, 11) is 0. The molecule has 0 spiro atoms. The summed E-state index contributed by atoms with van der Waals surface area (Å²) in [5.74, 6) is -2.07. The van der Waals surface area contributed by atoms with E-state index in [1.54, 1.807) is 19.1 Å². The number of aromatic nitrogens is 1. The molecule has 0 fully saturated rings. The molecular weight excluding hydrogens is 228 g/mol. The highest BCUT2D eigenvalue weighted by atomic mass is 16.1. The van der Waals surface area contributed by atoms with Gasteiger partial charge < -0.3 is 4.98 Å². The number of Topliss-reactive ketones (excluding diaryl/α,β-unsaturated/α-hetero) is 2. The lowest BCUT2D eigenvalue weighted by molar-refractivity contribution is -0.118. The molecule has 0 radical (unpaired) electrons. The SMILES string of the molecule is CC(=O)[C@H](C#N)C(=O)c1c(C)[nH]c2ccccc12. The summed E-state index contributed by atoms with van der Waals surface area (Å²) >= 11 is 0. The van der Waals surface area contributed by atoms with Gasteiger partial charge in [-0.15, -0.1) is 0 Å². The standard InChI is InChI=1S/C14H12N2O2/c1-8-13(14(18)11(7-15)9(2)17)10-5-3-4-6-12(10)16-8/h3-6,11,16H,1-2H3/t11-/m0/s1. The maximum Gasteiger partial charge on any atom is 0.189 e. The fourth-order valence-electron chi connectivity index (χ4n) is 2.07. The fraction of sp³-hybridized carbons (Fsp3) is 0.214. The van der Waals surface area contributed by atoms with Crippen LogP contribution < -0.4 is 0 Å². The molecule has 0 saturated heterocycles. The summed E-state index contributed by atoms with van der Waals surface area (Å²) in [4.78, 5) is 26.6. The first-order valence-electron chi connectivity index (χ1n) is 5.58. The molecule has 2 rings (SSSR count). The number of ketones is 2. The van der Waals surface area contributed by atoms with Crippen LogP contribution in [0.5, 0.6) is 0 Å². The predicted octanol–water partition coefficient (Wildman–Crippen LogP) is 2.39. The number of para-hydroxylation sites is 1. The van der Waals surface area contributed by atoms with E-state index in [1.165, 1.54) is 6.92 Å². The first-order valence-corrected chi connectivity index (χ1v) is 5.58. The van der Waals surface area contributed by atoms with Gasteiger partial charge in [0.05, 0.1) is 6.07 Å². The van der Waals surface area contributed by atoms with Crippen LogP contribution in [0.1, 0.15) is 23.0 Å². The normalized spacial score (nSPS) is 12.1. The zero-order valence-corrected chi connectivity index (χ0v) is 10.2. The van der Waals surface area contributed by atoms with Crippen LogP contribution in [0.15, 0.2) is 24.3 Å². The van der Waals surface area contributed by atoms with Crippen molar-refractivity contribution in [1.29, 1.82) is 5.26 Å². The van der Waals surface area contributed by atoms with Crippen LogP contribution in [0.3, 0.4) is 0 Å². The number of carbonyl (C=O) groups excluding carboxylic acids is 2. The zero-order valence-electron chi connectivity index (χ0n) is 10.2. The van der Waals surface area contributed by atoms with E-state index in [2.05, 4.69) is 4.98 Å². The van der Waals surface area contributed by atoms with Crippen molar-refractivity contribution in [2.45, 2.75) is 13.8 Å². The molecule has 4 nitrogen and oxygen atoms in total. The van der Waals surface area contributed by atoms with Gasteiger partial charge in [0, 0.05) is 22.2 Å². The van der Waals surface area contributed by atoms with Crippen LogP contribution >= 0.6 is 0 Å². The number of hydrogen-bond donors (Lipinski definition) is 1. The molecule has 0 amide bonds. The van der Waals surface area contributed by atoms with E-state index in [4.69, 9.17) is 5.26 Å². The first kappa shape index (κ1) is 12.1. The molecule has 4 heteroatoms. The minimum Gasteiger partial charge on any atom is -0.358 e. The van der Waals surface area contributed by atoms with Gasteiger partial charge in [-0.25, -0.2) is 0 Å². The van der Waals surface area contributed by atoms with Crippen molar-refractivity contribution in [1.82, 2.24) is 4.98 Å². The lowest BCUT2D eigenvalue weighted by Crippen LogP contribution is -2.20. The van der Waals surface area contributed by atoms with Crippen molar-refractivity contribution in [2.75, 3.05) is 0 Å². The van der Waals surface area contributed by atoms with E-state index in [1.807, 2.05) is 18.2 Å². The highest BCUT2D eigenvalue weighted by Crippen LogP contribution is 2.24. The molecule has 0 bridgehead atoms. The number of nitrogens with one attached hydrogen (secondary N) is 1. The Bertz CT molecular complexity index is 677. The van der Waals surface area contributed by atoms with Crippen molar-refractivity contribution in [3.63, 3.8) is 0 Å². The van der Waals surface area contributed by atoms with Crippen LogP contribution in [-0.4, -0.2) is 16.6 Å². The molecule has 18 heavy (non-hydrogen) atoms. The number of nitrogens with zero attached hydrogens (tertiary/aromatic N) is 1. The average molecular weight is 240 g/mol. The molecule has 1 N–H and O–H groups in total. The molecular formula is C14H12N2O2. The van der Waals surface area contributed by atoms with Gasteiger partial charge in [0.15, 0.2) is 17.5 Å². The molecule has 0 unspecified atom stereocenters. The third kappa shape index (κ3) is 1.80. The van der Waals surface area contributed by atoms with E-state index >= 15 is 0 Å². The Kier molecular flexibility index (Phi) is 2.99. The quantitative estimate of drug-likeness (QED) is 0.661. The average Bonchev–Trinajstić information content (AvgIpc) is 2.64. The third-order valence-corrected chi connectivity index (χ3v) is 2.94. The topological polar surface area (TPSA) is 73.7 Å². The van der Waals surface area contributed by atoms with E-state index in [0.717, 1.165) is 10.9 Å². The largest absolute Gasteiger partial charge is 0.358 e. The van der Waals surface area contributed by atoms with Crippen LogP contribution in [-0.2, 0) is 4.79 Å². The number of aryl methyl sites for hydroxylation is 1. The summed E-state index contributed by atoms with van der Waals surface area (Å²) < 4.78 is 0. The van der Waals surface area contributed by atoms with Crippen molar-refractivity contribution >= 4 is 22.5 Å². The Labute approximate surface area is 104 Å². The maximum absolute atomic E-state index is 12.2. The Morgan fingerprint density at radius 1 is 1.33 bits per heavy atom. The molecule has 0 aliphatic carbocycles. The van der Waals surface area contributed by atoms with Gasteiger partial charge in [-0.3, -0.25) is 9.59 Å². The number of nitriles is 1. The van der Waals surface area contributed by atoms with Gasteiger partial charge in [-0.1, -0.05) is 18.2 Å². The van der Waals surface area contributed by atoms with E-state index < -0.39 is 17.5 Å². The van der Waals surface area contributed by atoms with Crippen LogP contribution in [0.2, 0.25) is 0 Å². The second-order valence-corrected chi connectivity index (χ2v) is 4.21. The number of fused-ring (bicyclic) bond motifs is 1. The lowest BCUT2D eigenvalue weighted by Gasteiger charge is -2.04. The molecule has 0 aliphatic heterocycles. The van der Waals surface area contributed by atoms with Crippen molar-refractivity contribution < 1.29 is 9.59 Å². The van der Waals surface area contributed by atoms with Gasteiger partial charge in [0.1, 0.15) is 0 Å². The Morgan fingerprint density at radius 2 is 2.00 bits per heavy atom. The molecule has 1 aromatic heterocycles. The van der Waals surface area contributed by atoms with Crippen molar-refractivity contribution in [2.24, 2.45) is 5.92 Å². The summed E-state index contributed by atoms with van der Waals surface area (Å²) in [5.41, 5.74) is 1.95. The highest BCUT2D eigenvalue weighted by molar-refractivity contribution is 6.18. The first-order chi connectivity index (χ1) is 8.56. The highest BCUT2D eigenvalue weighted by Gasteiger charge is 2.27. The molecule has 2 aromatic rings. The van der Waals surface area contributed by atoms with Gasteiger partial charge in [0.25, 0.3) is 0 Å². The Hall–Kier alpha value is -2.41. The monoisotopic (exact) mass is 240 g/mol. The zero-order chi connectivity index (χ0) is 13.3. The van der Waals surface area contributed by atoms with E-state index in [0.29, 0.717) is 11.3 Å². The smallest absolute Gasteiger partial charge is 0.189 e. The molecule has 90 valence electrons. The Balaban J connectivity index is 2.61. The minimum absolute atomic E-state index is 0.424. The van der Waals surface area contributed by atoms with Crippen LogP contribution in [0.4, 0.5) is 0 Å². The lowest BCUT2D eigenvalue weighted by atomic mass is 9.94. The molecule has 0 aliphatic rings. The van der Waals surface area contributed by atoms with E-state index in [9.17, 15) is 9.59 Å². The van der Waals surface area contributed by atoms with Crippen LogP contribution in [0, 0.1) is 24.2 Å². The number of hydrogen-bond acceptors (Lipinski definition) is 3. The number of benzene rings is 1. The number of H-pyrrole nitrogens is 1. The molecule has 1 aromatic carbocycles. The van der Waals surface area contributed by atoms with Gasteiger partial charge >= 0.3 is 0 Å². The van der Waals surface area contributed by atoms with Gasteiger partial charge in [-0.2, -0.15) is 5.26 Å². The fourth-order valence-corrected chi connectivity index (χ4v) is 2.07. The van der Waals surface area contributed by atoms with Crippen molar-refractivity contribution in [3.05, 3.63) is 35.5 Å². The maximum atomic E-state index is 12.2. The molecule has 0 saturated carbocycles. The minimum atomic E-state index is -1.22. The van der Waals surface area contributed by atoms with Gasteiger partial charge in [-0.05, 0) is 19.9 Å². The number of aromatic amines is 1. The predicted molar refractivity (Wildman–Crippen MR) is 67.2 cm³/mol. The second kappa shape index (κ2) is 4.46. The van der Waals surface area contributed by atoms with Crippen molar-refractivity contribution in [3.8, 4) is 6.07 Å². The summed E-state index contributed by atoms with van der Waals surface area (Å²) in [5, 5.41) is 9.68. The van der Waals surface area contributed by atoms with Crippen LogP contribution in [0.25, 0.3) is 10.9 Å². The third-order valence-electron chi connectivity index (χ3n) is 2.94.